The summed E-state index contributed by atoms with van der Waals surface area (Å²) in [5.74, 6) is -0.411. The largest absolute Gasteiger partial charge is 0.326 e. The lowest BCUT2D eigenvalue weighted by Gasteiger charge is -2.13. The van der Waals surface area contributed by atoms with Crippen LogP contribution in [0, 0.1) is 6.92 Å². The van der Waals surface area contributed by atoms with Crippen LogP contribution >= 0.6 is 0 Å². The normalized spacial score (nSPS) is 16.9. The van der Waals surface area contributed by atoms with Gasteiger partial charge in [-0.25, -0.2) is 0 Å². The van der Waals surface area contributed by atoms with Crippen molar-refractivity contribution < 1.29 is 9.59 Å². The van der Waals surface area contributed by atoms with Crippen LogP contribution in [0.25, 0.3) is 0 Å². The molecule has 2 aromatic carbocycles. The lowest BCUT2D eigenvalue weighted by atomic mass is 10.2. The Morgan fingerprint density at radius 2 is 1.73 bits per heavy atom. The number of hydrazone groups is 1. The van der Waals surface area contributed by atoms with Crippen molar-refractivity contribution >= 4 is 34.6 Å². The molecule has 132 valence electrons. The Labute approximate surface area is 151 Å². The summed E-state index contributed by atoms with van der Waals surface area (Å²) in [6.45, 7) is 5.19. The van der Waals surface area contributed by atoms with E-state index in [9.17, 15) is 9.59 Å². The Bertz CT molecular complexity index is 885. The third kappa shape index (κ3) is 3.83. The number of carbonyl (C=O) groups is 2. The third-order valence-electron chi connectivity index (χ3n) is 3.85. The van der Waals surface area contributed by atoms with E-state index in [0.717, 1.165) is 5.56 Å². The monoisotopic (exact) mass is 349 g/mol. The summed E-state index contributed by atoms with van der Waals surface area (Å²) < 4.78 is 0. The molecule has 1 heterocycles. The van der Waals surface area contributed by atoms with Gasteiger partial charge >= 0.3 is 0 Å². The smallest absolute Gasteiger partial charge is 0.280 e. The number of azo groups is 1. The lowest BCUT2D eigenvalue weighted by molar-refractivity contribution is -0.118. The van der Waals surface area contributed by atoms with Gasteiger partial charge in [-0.2, -0.15) is 20.3 Å². The van der Waals surface area contributed by atoms with Crippen molar-refractivity contribution in [2.45, 2.75) is 26.8 Å². The molecule has 0 fully saturated rings. The van der Waals surface area contributed by atoms with E-state index in [-0.39, 0.29) is 11.8 Å². The number of benzene rings is 2. The van der Waals surface area contributed by atoms with Crippen LogP contribution in [0.15, 0.2) is 63.9 Å². The van der Waals surface area contributed by atoms with Crippen molar-refractivity contribution in [2.24, 2.45) is 15.3 Å². The van der Waals surface area contributed by atoms with Crippen molar-refractivity contribution in [1.29, 1.82) is 0 Å². The maximum atomic E-state index is 12.6. The molecule has 0 saturated carbocycles. The Kier molecular flexibility index (Phi) is 4.88. The molecule has 1 N–H and O–H groups in total. The van der Waals surface area contributed by atoms with Crippen LogP contribution in [0.1, 0.15) is 19.4 Å². The summed E-state index contributed by atoms with van der Waals surface area (Å²) in [4.78, 5) is 23.7. The van der Waals surface area contributed by atoms with Gasteiger partial charge in [0.05, 0.1) is 17.1 Å². The van der Waals surface area contributed by atoms with E-state index in [2.05, 4.69) is 20.6 Å². The predicted molar refractivity (Wildman–Crippen MR) is 101 cm³/mol. The van der Waals surface area contributed by atoms with Crippen molar-refractivity contribution in [1.82, 2.24) is 0 Å². The summed E-state index contributed by atoms with van der Waals surface area (Å²) in [5, 5.41) is 16.6. The minimum absolute atomic E-state index is 0.152. The molecule has 26 heavy (non-hydrogen) atoms. The van der Waals surface area contributed by atoms with Gasteiger partial charge in [0.1, 0.15) is 0 Å². The Morgan fingerprint density at radius 1 is 1.08 bits per heavy atom. The fourth-order valence-electron chi connectivity index (χ4n) is 2.50. The molecule has 7 nitrogen and oxygen atoms in total. The van der Waals surface area contributed by atoms with Gasteiger partial charge in [0.2, 0.25) is 5.91 Å². The van der Waals surface area contributed by atoms with Crippen LogP contribution in [-0.2, 0) is 9.59 Å². The fourth-order valence-corrected chi connectivity index (χ4v) is 2.50. The van der Waals surface area contributed by atoms with Crippen LogP contribution in [0.5, 0.6) is 0 Å². The highest BCUT2D eigenvalue weighted by Gasteiger charge is 2.34. The highest BCUT2D eigenvalue weighted by Crippen LogP contribution is 2.25. The van der Waals surface area contributed by atoms with Crippen molar-refractivity contribution in [3.63, 3.8) is 0 Å². The number of hydrogen-bond acceptors (Lipinski definition) is 5. The first-order valence-electron chi connectivity index (χ1n) is 8.18. The molecule has 1 aliphatic heterocycles. The summed E-state index contributed by atoms with van der Waals surface area (Å²) in [6, 6.07) is 13.7. The van der Waals surface area contributed by atoms with E-state index in [0.29, 0.717) is 22.8 Å². The Hall–Kier alpha value is -3.35. The molecule has 0 radical (unpaired) electrons. The van der Waals surface area contributed by atoms with E-state index >= 15 is 0 Å². The van der Waals surface area contributed by atoms with E-state index in [1.54, 1.807) is 31.2 Å². The number of nitrogens with zero attached hydrogens (tertiary/aromatic N) is 4. The van der Waals surface area contributed by atoms with Crippen molar-refractivity contribution in [2.75, 3.05) is 10.3 Å². The number of rotatable bonds is 4. The molecule has 7 heteroatoms. The van der Waals surface area contributed by atoms with Crippen LogP contribution in [-0.4, -0.2) is 23.6 Å². The first-order chi connectivity index (χ1) is 12.4. The summed E-state index contributed by atoms with van der Waals surface area (Å²) in [7, 11) is 0. The zero-order chi connectivity index (χ0) is 18.7. The quantitative estimate of drug-likeness (QED) is 0.851. The van der Waals surface area contributed by atoms with Gasteiger partial charge in [0.25, 0.3) is 5.91 Å². The molecule has 0 spiro atoms. The van der Waals surface area contributed by atoms with Crippen LogP contribution < -0.4 is 10.3 Å². The van der Waals surface area contributed by atoms with Crippen LogP contribution in [0.2, 0.25) is 0 Å². The Morgan fingerprint density at radius 3 is 2.35 bits per heavy atom. The average molecular weight is 349 g/mol. The van der Waals surface area contributed by atoms with Gasteiger partial charge in [0.15, 0.2) is 6.04 Å². The van der Waals surface area contributed by atoms with Crippen molar-refractivity contribution in [3.8, 4) is 0 Å². The molecule has 1 aliphatic rings. The summed E-state index contributed by atoms with van der Waals surface area (Å²) in [5.41, 5.74) is 3.67. The highest BCUT2D eigenvalue weighted by molar-refractivity contribution is 6.18. The zero-order valence-corrected chi connectivity index (χ0v) is 14.8. The van der Waals surface area contributed by atoms with E-state index < -0.39 is 6.04 Å². The summed E-state index contributed by atoms with van der Waals surface area (Å²) >= 11 is 0. The molecule has 0 bridgehead atoms. The van der Waals surface area contributed by atoms with Crippen LogP contribution in [0.4, 0.5) is 17.1 Å². The predicted octanol–water partition coefficient (Wildman–Crippen LogP) is 3.83. The topological polar surface area (TPSA) is 86.5 Å². The average Bonchev–Trinajstić information content (AvgIpc) is 2.89. The highest BCUT2D eigenvalue weighted by atomic mass is 16.2. The van der Waals surface area contributed by atoms with E-state index in [4.69, 9.17) is 0 Å². The number of carbonyl (C=O) groups excluding carboxylic acids is 2. The maximum Gasteiger partial charge on any atom is 0.280 e. The number of anilines is 2. The van der Waals surface area contributed by atoms with Gasteiger partial charge < -0.3 is 5.32 Å². The van der Waals surface area contributed by atoms with Gasteiger partial charge in [0, 0.05) is 12.6 Å². The fraction of sp³-hybridized carbons (Fsp3) is 0.211. The Balaban J connectivity index is 1.75. The number of amides is 2. The molecular formula is C19H19N5O2. The molecule has 2 amide bonds. The van der Waals surface area contributed by atoms with Crippen LogP contribution in [0.3, 0.4) is 0 Å². The van der Waals surface area contributed by atoms with E-state index in [1.165, 1.54) is 11.9 Å². The van der Waals surface area contributed by atoms with Gasteiger partial charge in [-0.05, 0) is 50.2 Å². The molecule has 3 rings (SSSR count). The first kappa shape index (κ1) is 17.5. The molecule has 0 unspecified atom stereocenters. The minimum atomic E-state index is -0.730. The minimum Gasteiger partial charge on any atom is -0.326 e. The SMILES string of the molecule is CC(=O)Nc1ccc(N2N=C(C)[C@H](N=Nc3ccc(C)cc3)C2=O)cc1. The number of hydrogen-bond donors (Lipinski definition) is 1. The maximum absolute atomic E-state index is 12.6. The second kappa shape index (κ2) is 7.26. The second-order valence-electron chi connectivity index (χ2n) is 6.07. The zero-order valence-electron chi connectivity index (χ0n) is 14.8. The first-order valence-corrected chi connectivity index (χ1v) is 8.18. The molecule has 1 atom stereocenters. The molecule has 0 aliphatic carbocycles. The van der Waals surface area contributed by atoms with Gasteiger partial charge in [-0.1, -0.05) is 17.7 Å². The molecule has 2 aromatic rings. The standard InChI is InChI=1S/C19H19N5O2/c1-12-4-6-16(7-5-12)21-22-18-13(2)23-24(19(18)26)17-10-8-15(9-11-17)20-14(3)25/h4-11,18H,1-3H3,(H,20,25)/t18-/m0/s1. The van der Waals surface area contributed by atoms with Gasteiger partial charge in [-0.3, -0.25) is 9.59 Å². The van der Waals surface area contributed by atoms with E-state index in [1.807, 2.05) is 31.2 Å². The lowest BCUT2D eigenvalue weighted by Crippen LogP contribution is -2.29. The molecule has 0 aromatic heterocycles. The number of aryl methyl sites for hydroxylation is 1. The molecular weight excluding hydrogens is 330 g/mol. The van der Waals surface area contributed by atoms with Gasteiger partial charge in [-0.15, -0.1) is 0 Å². The second-order valence-corrected chi connectivity index (χ2v) is 6.07. The summed E-state index contributed by atoms with van der Waals surface area (Å²) in [6.07, 6.45) is 0. The molecule has 0 saturated heterocycles. The number of nitrogens with one attached hydrogen (secondary N) is 1. The third-order valence-corrected chi connectivity index (χ3v) is 3.85. The van der Waals surface area contributed by atoms with Crippen molar-refractivity contribution in [3.05, 3.63) is 54.1 Å².